The molecule has 0 bridgehead atoms. The van der Waals surface area contributed by atoms with Crippen molar-refractivity contribution in [1.82, 2.24) is 4.48 Å². The summed E-state index contributed by atoms with van der Waals surface area (Å²) in [7, 11) is 3.22. The SMILES string of the molecule is COc1ccc(C[N+](CC2CN(c3ccc4c(c3)CCCCC4)C(=O)O2)(C(C)=O)c2ccccc2)c(OC)c1. The van der Waals surface area contributed by atoms with Crippen molar-refractivity contribution in [3.8, 4) is 11.5 Å². The van der Waals surface area contributed by atoms with Gasteiger partial charge in [-0.15, -0.1) is 0 Å². The molecule has 0 spiro atoms. The third-order valence-electron chi connectivity index (χ3n) is 8.07. The van der Waals surface area contributed by atoms with Gasteiger partial charge < -0.3 is 14.2 Å². The van der Waals surface area contributed by atoms with Gasteiger partial charge >= 0.3 is 12.0 Å². The van der Waals surface area contributed by atoms with Crippen LogP contribution in [-0.4, -0.2) is 45.4 Å². The largest absolute Gasteiger partial charge is 0.497 e. The Hall–Kier alpha value is -3.84. The molecule has 0 aromatic heterocycles. The maximum Gasteiger partial charge on any atom is 0.414 e. The van der Waals surface area contributed by atoms with Crippen LogP contribution in [0.1, 0.15) is 42.9 Å². The van der Waals surface area contributed by atoms with Gasteiger partial charge in [-0.05, 0) is 73.2 Å². The zero-order valence-electron chi connectivity index (χ0n) is 23.0. The van der Waals surface area contributed by atoms with Crippen molar-refractivity contribution in [2.45, 2.75) is 51.7 Å². The molecule has 2 aliphatic rings. The Morgan fingerprint density at radius 1 is 0.949 bits per heavy atom. The minimum atomic E-state index is -0.468. The number of anilines is 1. The highest BCUT2D eigenvalue weighted by Crippen LogP contribution is 2.35. The molecular weight excluding hydrogens is 492 g/mol. The maximum absolute atomic E-state index is 13.6. The number of carbonyl (C=O) groups excluding carboxylic acids is 2. The lowest BCUT2D eigenvalue weighted by atomic mass is 10.0. The standard InChI is InChI=1S/C32H37N2O5/c1-23(35)34(28-12-8-5-9-13-28,21-26-15-17-29(37-2)19-31(26)38-3)22-30-20-33(32(36)39-30)27-16-14-24-10-6-4-7-11-25(24)18-27/h5,8-9,12-19,30H,4,6-7,10-11,20-22H2,1-3H3/q+1. The fourth-order valence-electron chi connectivity index (χ4n) is 5.91. The van der Waals surface area contributed by atoms with Crippen LogP contribution < -0.4 is 18.9 Å². The number of cyclic esters (lactones) is 1. The van der Waals surface area contributed by atoms with Crippen molar-refractivity contribution in [2.75, 3.05) is 32.2 Å². The summed E-state index contributed by atoms with van der Waals surface area (Å²) >= 11 is 0. The Balaban J connectivity index is 1.46. The molecule has 0 N–H and O–H groups in total. The molecule has 1 aliphatic heterocycles. The Kier molecular flexibility index (Phi) is 7.89. The number of methoxy groups -OCH3 is 2. The number of amides is 2. The molecule has 7 heteroatoms. The van der Waals surface area contributed by atoms with Gasteiger partial charge in [0.05, 0.1) is 27.7 Å². The normalized spacial score (nSPS) is 18.5. The van der Waals surface area contributed by atoms with E-state index in [9.17, 15) is 9.59 Å². The van der Waals surface area contributed by atoms with Crippen LogP contribution in [0.2, 0.25) is 0 Å². The molecule has 39 heavy (non-hydrogen) atoms. The number of carbonyl (C=O) groups is 2. The molecule has 3 aromatic carbocycles. The molecule has 2 amide bonds. The van der Waals surface area contributed by atoms with Crippen molar-refractivity contribution >= 4 is 23.4 Å². The molecule has 3 aromatic rings. The number of nitrogens with zero attached hydrogens (tertiary/aromatic N) is 2. The first-order valence-corrected chi connectivity index (χ1v) is 13.7. The number of hydrogen-bond donors (Lipinski definition) is 0. The van der Waals surface area contributed by atoms with Gasteiger partial charge in [-0.1, -0.05) is 30.7 Å². The van der Waals surface area contributed by atoms with Crippen LogP contribution in [0.4, 0.5) is 16.2 Å². The van der Waals surface area contributed by atoms with Crippen LogP contribution in [0.5, 0.6) is 11.5 Å². The average Bonchev–Trinajstić information content (AvgIpc) is 3.16. The molecule has 204 valence electrons. The molecule has 1 fully saturated rings. The minimum Gasteiger partial charge on any atom is -0.497 e. The Morgan fingerprint density at radius 3 is 2.44 bits per heavy atom. The second-order valence-corrected chi connectivity index (χ2v) is 10.5. The van der Waals surface area contributed by atoms with E-state index in [1.807, 2.05) is 54.6 Å². The molecule has 0 saturated carbocycles. The first-order valence-electron chi connectivity index (χ1n) is 13.7. The van der Waals surface area contributed by atoms with E-state index in [1.54, 1.807) is 26.0 Å². The van der Waals surface area contributed by atoms with E-state index in [1.165, 1.54) is 30.4 Å². The number of hydrogen-bond acceptors (Lipinski definition) is 5. The number of quaternary nitrogens is 1. The number of fused-ring (bicyclic) bond motifs is 1. The summed E-state index contributed by atoms with van der Waals surface area (Å²) in [5.41, 5.74) is 5.27. The van der Waals surface area contributed by atoms with E-state index in [2.05, 4.69) is 12.1 Å². The van der Waals surface area contributed by atoms with Gasteiger partial charge in [0, 0.05) is 17.3 Å². The third kappa shape index (κ3) is 5.50. The lowest BCUT2D eigenvalue weighted by Crippen LogP contribution is -2.56. The number of benzene rings is 3. The summed E-state index contributed by atoms with van der Waals surface area (Å²) in [5, 5.41) is 0. The molecule has 2 unspecified atom stereocenters. The summed E-state index contributed by atoms with van der Waals surface area (Å²) in [6, 6.07) is 21.7. The van der Waals surface area contributed by atoms with Crippen LogP contribution in [0, 0.1) is 0 Å². The van der Waals surface area contributed by atoms with Gasteiger partial charge in [-0.3, -0.25) is 4.90 Å². The molecule has 1 heterocycles. The first-order chi connectivity index (χ1) is 18.9. The van der Waals surface area contributed by atoms with E-state index in [-0.39, 0.29) is 16.5 Å². The molecule has 7 nitrogen and oxygen atoms in total. The molecule has 0 radical (unpaired) electrons. The van der Waals surface area contributed by atoms with Gasteiger partial charge in [0.25, 0.3) is 0 Å². The summed E-state index contributed by atoms with van der Waals surface area (Å²) < 4.78 is 17.0. The molecular formula is C32H37N2O5+. The van der Waals surface area contributed by atoms with Gasteiger partial charge in [0.2, 0.25) is 0 Å². The van der Waals surface area contributed by atoms with Gasteiger partial charge in [-0.25, -0.2) is 14.1 Å². The zero-order valence-corrected chi connectivity index (χ0v) is 23.0. The highest BCUT2D eigenvalue weighted by Gasteiger charge is 2.44. The second-order valence-electron chi connectivity index (χ2n) is 10.5. The average molecular weight is 530 g/mol. The predicted molar refractivity (Wildman–Crippen MR) is 152 cm³/mol. The Labute approximate surface area is 230 Å². The summed E-state index contributed by atoms with van der Waals surface area (Å²) in [4.78, 5) is 28.4. The van der Waals surface area contributed by atoms with Crippen molar-refractivity contribution in [1.29, 1.82) is 0 Å². The lowest BCUT2D eigenvalue weighted by molar-refractivity contribution is -0.129. The van der Waals surface area contributed by atoms with Crippen LogP contribution >= 0.6 is 0 Å². The van der Waals surface area contributed by atoms with E-state index in [0.29, 0.717) is 31.1 Å². The molecule has 1 saturated heterocycles. The van der Waals surface area contributed by atoms with Crippen LogP contribution in [0.25, 0.3) is 0 Å². The van der Waals surface area contributed by atoms with E-state index >= 15 is 0 Å². The summed E-state index contributed by atoms with van der Waals surface area (Å²) in [5.74, 6) is 1.28. The number of para-hydroxylation sites is 1. The predicted octanol–water partition coefficient (Wildman–Crippen LogP) is 6.05. The topological polar surface area (TPSA) is 65.1 Å². The number of ether oxygens (including phenoxy) is 3. The van der Waals surface area contributed by atoms with Gasteiger partial charge in [0.1, 0.15) is 30.3 Å². The highest BCUT2D eigenvalue weighted by atomic mass is 16.6. The van der Waals surface area contributed by atoms with Crippen molar-refractivity contribution in [2.24, 2.45) is 0 Å². The van der Waals surface area contributed by atoms with Gasteiger partial charge in [-0.2, -0.15) is 0 Å². The smallest absolute Gasteiger partial charge is 0.414 e. The fraction of sp³-hybridized carbons (Fsp3) is 0.375. The van der Waals surface area contributed by atoms with Crippen LogP contribution in [0.3, 0.4) is 0 Å². The quantitative estimate of drug-likeness (QED) is 0.263. The van der Waals surface area contributed by atoms with Crippen molar-refractivity contribution < 1.29 is 23.8 Å². The number of aryl methyl sites for hydroxylation is 2. The number of rotatable bonds is 8. The van der Waals surface area contributed by atoms with Crippen molar-refractivity contribution in [3.63, 3.8) is 0 Å². The van der Waals surface area contributed by atoms with Crippen molar-refractivity contribution in [3.05, 3.63) is 83.4 Å². The van der Waals surface area contributed by atoms with E-state index in [0.717, 1.165) is 29.8 Å². The summed E-state index contributed by atoms with van der Waals surface area (Å²) in [6.45, 7) is 2.64. The molecule has 1 aliphatic carbocycles. The Bertz CT molecular complexity index is 1340. The second kappa shape index (κ2) is 11.5. The summed E-state index contributed by atoms with van der Waals surface area (Å²) in [6.07, 6.45) is 4.92. The van der Waals surface area contributed by atoms with Crippen LogP contribution in [-0.2, 0) is 28.9 Å². The van der Waals surface area contributed by atoms with Gasteiger partial charge in [0.15, 0.2) is 6.10 Å². The zero-order chi connectivity index (χ0) is 27.4. The lowest BCUT2D eigenvalue weighted by Gasteiger charge is -2.36. The Morgan fingerprint density at radius 2 is 1.72 bits per heavy atom. The first kappa shape index (κ1) is 26.8. The monoisotopic (exact) mass is 529 g/mol. The molecule has 2 atom stereocenters. The van der Waals surface area contributed by atoms with E-state index < -0.39 is 6.10 Å². The minimum absolute atomic E-state index is 0.0144. The fourth-order valence-corrected chi connectivity index (χ4v) is 5.91. The molecule has 5 rings (SSSR count). The van der Waals surface area contributed by atoms with E-state index in [4.69, 9.17) is 14.2 Å². The maximum atomic E-state index is 13.6. The van der Waals surface area contributed by atoms with Crippen LogP contribution in [0.15, 0.2) is 66.7 Å². The third-order valence-corrected chi connectivity index (χ3v) is 8.07. The highest BCUT2D eigenvalue weighted by molar-refractivity contribution is 5.91.